The van der Waals surface area contributed by atoms with Crippen LogP contribution in [0, 0.1) is 0 Å². The molecule has 1 aliphatic carbocycles. The topological polar surface area (TPSA) is 72.3 Å². The molecule has 0 aromatic heterocycles. The first-order valence-electron chi connectivity index (χ1n) is 9.94. The number of quaternary nitrogens is 1. The monoisotopic (exact) mass is 374 g/mol. The van der Waals surface area contributed by atoms with Crippen LogP contribution >= 0.6 is 0 Å². The van der Waals surface area contributed by atoms with Crippen molar-refractivity contribution in [3.63, 3.8) is 0 Å². The molecular weight excluding hydrogens is 346 g/mol. The zero-order valence-electron chi connectivity index (χ0n) is 15.9. The van der Waals surface area contributed by atoms with Gasteiger partial charge in [0.2, 0.25) is 5.91 Å². The van der Waals surface area contributed by atoms with E-state index >= 15 is 0 Å². The second-order valence-electron chi connectivity index (χ2n) is 7.82. The van der Waals surface area contributed by atoms with Gasteiger partial charge in [0.1, 0.15) is 0 Å². The van der Waals surface area contributed by atoms with E-state index in [4.69, 9.17) is 9.47 Å². The number of fused-ring (bicyclic) bond motifs is 1. The minimum atomic E-state index is -0.496. The lowest BCUT2D eigenvalue weighted by Crippen LogP contribution is -3.15. The highest BCUT2D eigenvalue weighted by molar-refractivity contribution is 5.91. The van der Waals surface area contributed by atoms with Crippen molar-refractivity contribution in [2.75, 3.05) is 38.0 Å². The van der Waals surface area contributed by atoms with E-state index in [0.29, 0.717) is 19.6 Å². The number of carbonyl (C=O) groups is 2. The van der Waals surface area contributed by atoms with Crippen LogP contribution in [-0.2, 0) is 9.59 Å². The minimum Gasteiger partial charge on any atom is -0.448 e. The van der Waals surface area contributed by atoms with Crippen LogP contribution in [0.1, 0.15) is 39.0 Å². The van der Waals surface area contributed by atoms with Gasteiger partial charge in [-0.15, -0.1) is 0 Å². The minimum absolute atomic E-state index is 0.0208. The molecule has 2 aliphatic heterocycles. The number of benzene rings is 1. The fourth-order valence-corrected chi connectivity index (χ4v) is 4.21. The number of hydrogen-bond donors (Lipinski definition) is 2. The number of anilines is 1. The highest BCUT2D eigenvalue weighted by atomic mass is 16.7. The molecule has 2 heterocycles. The molecule has 0 atom stereocenters. The van der Waals surface area contributed by atoms with Gasteiger partial charge in [0.25, 0.3) is 11.7 Å². The lowest BCUT2D eigenvalue weighted by molar-refractivity contribution is -0.895. The number of nitrogens with one attached hydrogen (secondary N) is 2. The van der Waals surface area contributed by atoms with E-state index in [9.17, 15) is 9.59 Å². The highest BCUT2D eigenvalue weighted by Gasteiger charge is 2.42. The number of ether oxygens (including phenoxy) is 2. The van der Waals surface area contributed by atoms with Gasteiger partial charge in [0.05, 0.1) is 26.2 Å². The average Bonchev–Trinajstić information content (AvgIpc) is 2.99. The molecule has 146 valence electrons. The number of amides is 2. The standard InChI is InChI=1S/C20H27N3O4/c1-15(24)23-11-9-22(10-12-23)14-19(25)21-16-5-6-17-18(13-16)27-20(26-17)7-3-2-4-8-20/h5-6,13H,2-4,7-12,14H2,1H3,(H,21,25)/p+1. The van der Waals surface area contributed by atoms with E-state index in [1.807, 2.05) is 23.1 Å². The van der Waals surface area contributed by atoms with Gasteiger partial charge in [0.15, 0.2) is 18.0 Å². The van der Waals surface area contributed by atoms with Crippen molar-refractivity contribution in [3.05, 3.63) is 18.2 Å². The zero-order valence-corrected chi connectivity index (χ0v) is 15.9. The number of hydrogen-bond acceptors (Lipinski definition) is 4. The van der Waals surface area contributed by atoms with Crippen molar-refractivity contribution in [1.82, 2.24) is 4.90 Å². The Kier molecular flexibility index (Phi) is 4.95. The maximum absolute atomic E-state index is 12.4. The van der Waals surface area contributed by atoms with E-state index in [1.54, 1.807) is 6.92 Å². The third-order valence-corrected chi connectivity index (χ3v) is 5.76. The van der Waals surface area contributed by atoms with E-state index in [-0.39, 0.29) is 11.8 Å². The molecule has 2 fully saturated rings. The maximum Gasteiger partial charge on any atom is 0.279 e. The summed E-state index contributed by atoms with van der Waals surface area (Å²) in [7, 11) is 0. The largest absolute Gasteiger partial charge is 0.448 e. The highest BCUT2D eigenvalue weighted by Crippen LogP contribution is 2.46. The predicted octanol–water partition coefficient (Wildman–Crippen LogP) is 0.804. The second kappa shape index (κ2) is 7.38. The van der Waals surface area contributed by atoms with Crippen LogP contribution in [0.5, 0.6) is 11.5 Å². The van der Waals surface area contributed by atoms with Crippen molar-refractivity contribution in [2.24, 2.45) is 0 Å². The molecule has 7 heteroatoms. The Morgan fingerprint density at radius 1 is 1.11 bits per heavy atom. The Bertz CT molecular complexity index is 722. The van der Waals surface area contributed by atoms with Gasteiger partial charge >= 0.3 is 0 Å². The van der Waals surface area contributed by atoms with Crippen molar-refractivity contribution in [3.8, 4) is 11.5 Å². The SMILES string of the molecule is CC(=O)N1CC[NH+](CC(=O)Nc2ccc3c(c2)OC2(CCCCC2)O3)CC1. The molecule has 1 spiro atoms. The van der Waals surface area contributed by atoms with Gasteiger partial charge in [-0.25, -0.2) is 0 Å². The van der Waals surface area contributed by atoms with Crippen molar-refractivity contribution < 1.29 is 24.0 Å². The van der Waals surface area contributed by atoms with Crippen LogP contribution in [0.2, 0.25) is 0 Å². The van der Waals surface area contributed by atoms with E-state index < -0.39 is 5.79 Å². The molecule has 1 saturated carbocycles. The molecule has 1 saturated heterocycles. The summed E-state index contributed by atoms with van der Waals surface area (Å²) in [6.45, 7) is 5.03. The van der Waals surface area contributed by atoms with Gasteiger partial charge < -0.3 is 24.6 Å². The molecule has 1 aromatic carbocycles. The fraction of sp³-hybridized carbons (Fsp3) is 0.600. The Hall–Kier alpha value is -2.28. The molecule has 3 aliphatic rings. The van der Waals surface area contributed by atoms with Crippen LogP contribution < -0.4 is 19.7 Å². The third kappa shape index (κ3) is 4.03. The lowest BCUT2D eigenvalue weighted by Gasteiger charge is -2.31. The normalized spacial score (nSPS) is 21.3. The van der Waals surface area contributed by atoms with Crippen LogP contribution in [0.15, 0.2) is 18.2 Å². The van der Waals surface area contributed by atoms with Gasteiger partial charge in [-0.1, -0.05) is 6.42 Å². The average molecular weight is 374 g/mol. The molecule has 7 nitrogen and oxygen atoms in total. The number of rotatable bonds is 3. The number of carbonyl (C=O) groups excluding carboxylic acids is 2. The summed E-state index contributed by atoms with van der Waals surface area (Å²) >= 11 is 0. The predicted molar refractivity (Wildman–Crippen MR) is 100.0 cm³/mol. The van der Waals surface area contributed by atoms with Crippen LogP contribution in [0.25, 0.3) is 0 Å². The lowest BCUT2D eigenvalue weighted by atomic mass is 9.94. The number of piperazine rings is 1. The summed E-state index contributed by atoms with van der Waals surface area (Å²) < 4.78 is 12.2. The summed E-state index contributed by atoms with van der Waals surface area (Å²) in [6, 6.07) is 5.61. The number of nitrogens with zero attached hydrogens (tertiary/aromatic N) is 1. The molecule has 2 amide bonds. The van der Waals surface area contributed by atoms with Crippen LogP contribution in [-0.4, -0.2) is 55.2 Å². The molecular formula is C20H28N3O4+. The smallest absolute Gasteiger partial charge is 0.279 e. The first-order chi connectivity index (χ1) is 13.0. The Labute approximate surface area is 159 Å². The molecule has 0 radical (unpaired) electrons. The van der Waals surface area contributed by atoms with E-state index in [0.717, 1.165) is 56.0 Å². The van der Waals surface area contributed by atoms with Gasteiger partial charge in [-0.2, -0.15) is 0 Å². The fourth-order valence-electron chi connectivity index (χ4n) is 4.21. The molecule has 0 bridgehead atoms. The van der Waals surface area contributed by atoms with Crippen LogP contribution in [0.4, 0.5) is 5.69 Å². The maximum atomic E-state index is 12.4. The first-order valence-corrected chi connectivity index (χ1v) is 9.94. The van der Waals surface area contributed by atoms with Crippen molar-refractivity contribution in [2.45, 2.75) is 44.8 Å². The summed E-state index contributed by atoms with van der Waals surface area (Å²) in [4.78, 5) is 26.8. The summed E-state index contributed by atoms with van der Waals surface area (Å²) in [5, 5.41) is 2.97. The molecule has 27 heavy (non-hydrogen) atoms. The summed E-state index contributed by atoms with van der Waals surface area (Å²) in [6.07, 6.45) is 5.31. The van der Waals surface area contributed by atoms with Gasteiger partial charge in [-0.05, 0) is 25.0 Å². The Balaban J connectivity index is 1.31. The Morgan fingerprint density at radius 2 is 1.81 bits per heavy atom. The second-order valence-corrected chi connectivity index (χ2v) is 7.82. The summed E-state index contributed by atoms with van der Waals surface area (Å²) in [5.41, 5.74) is 0.733. The molecule has 4 rings (SSSR count). The quantitative estimate of drug-likeness (QED) is 0.821. The molecule has 0 unspecified atom stereocenters. The van der Waals surface area contributed by atoms with Crippen LogP contribution in [0.3, 0.4) is 0 Å². The van der Waals surface area contributed by atoms with Crippen molar-refractivity contribution in [1.29, 1.82) is 0 Å². The Morgan fingerprint density at radius 3 is 2.52 bits per heavy atom. The van der Waals surface area contributed by atoms with Gasteiger partial charge in [0, 0.05) is 31.5 Å². The zero-order chi connectivity index (χ0) is 18.9. The first kappa shape index (κ1) is 18.1. The molecule has 1 aromatic rings. The molecule has 2 N–H and O–H groups in total. The van der Waals surface area contributed by atoms with Gasteiger partial charge in [-0.3, -0.25) is 9.59 Å². The third-order valence-electron chi connectivity index (χ3n) is 5.76. The van der Waals surface area contributed by atoms with E-state index in [1.165, 1.54) is 11.3 Å². The van der Waals surface area contributed by atoms with Crippen molar-refractivity contribution >= 4 is 17.5 Å². The summed E-state index contributed by atoms with van der Waals surface area (Å²) in [5.74, 6) is 1.07. The van der Waals surface area contributed by atoms with E-state index in [2.05, 4.69) is 5.32 Å².